The van der Waals surface area contributed by atoms with Gasteiger partial charge in [0.05, 0.1) is 13.1 Å². The molecule has 5 nitrogen and oxygen atoms in total. The van der Waals surface area contributed by atoms with E-state index < -0.39 is 0 Å². The number of likely N-dealkylation sites (N-methyl/N-ethyl adjacent to an activating group) is 2. The summed E-state index contributed by atoms with van der Waals surface area (Å²) in [5.74, 6) is -0.0834. The Bertz CT molecular complexity index is 729. The smallest absolute Gasteiger partial charge is 0.279 e. The molecule has 0 bridgehead atoms. The Labute approximate surface area is 155 Å². The van der Waals surface area contributed by atoms with Crippen LogP contribution < -0.4 is 10.2 Å². The second kappa shape index (κ2) is 9.15. The summed E-state index contributed by atoms with van der Waals surface area (Å²) in [5, 5.41) is 2.87. The van der Waals surface area contributed by atoms with Gasteiger partial charge in [-0.2, -0.15) is 0 Å². The Hall–Kier alpha value is -2.66. The molecular weight excluding hydrogens is 326 g/mol. The largest absolute Gasteiger partial charge is 0.334 e. The van der Waals surface area contributed by atoms with Crippen molar-refractivity contribution in [3.63, 3.8) is 0 Å². The van der Waals surface area contributed by atoms with Crippen LogP contribution >= 0.6 is 0 Å². The Morgan fingerprint density at radius 1 is 1.04 bits per heavy atom. The molecule has 0 aliphatic carbocycles. The lowest BCUT2D eigenvalue weighted by Crippen LogP contribution is -3.11. The van der Waals surface area contributed by atoms with Crippen LogP contribution in [-0.4, -0.2) is 43.9 Å². The van der Waals surface area contributed by atoms with Crippen molar-refractivity contribution in [1.82, 2.24) is 4.90 Å². The predicted octanol–water partition coefficient (Wildman–Crippen LogP) is 1.67. The van der Waals surface area contributed by atoms with Crippen LogP contribution in [0.2, 0.25) is 0 Å². The van der Waals surface area contributed by atoms with Gasteiger partial charge in [-0.1, -0.05) is 48.0 Å². The van der Waals surface area contributed by atoms with Crippen molar-refractivity contribution in [2.24, 2.45) is 0 Å². The topological polar surface area (TPSA) is 53.9 Å². The third kappa shape index (κ3) is 5.70. The summed E-state index contributed by atoms with van der Waals surface area (Å²) in [4.78, 5) is 27.3. The Morgan fingerprint density at radius 2 is 1.65 bits per heavy atom. The molecule has 0 saturated heterocycles. The molecule has 1 unspecified atom stereocenters. The number of quaternary nitrogens is 1. The van der Waals surface area contributed by atoms with Crippen LogP contribution in [0.4, 0.5) is 5.69 Å². The fourth-order valence-electron chi connectivity index (χ4n) is 2.73. The van der Waals surface area contributed by atoms with E-state index in [1.54, 1.807) is 11.9 Å². The van der Waals surface area contributed by atoms with E-state index in [1.807, 2.05) is 75.5 Å². The lowest BCUT2D eigenvalue weighted by atomic mass is 10.1. The summed E-state index contributed by atoms with van der Waals surface area (Å²) in [5.41, 5.74) is 3.01. The molecule has 0 spiro atoms. The molecule has 2 aromatic rings. The lowest BCUT2D eigenvalue weighted by Gasteiger charge is -2.26. The second-order valence-corrected chi connectivity index (χ2v) is 6.82. The first-order valence-electron chi connectivity index (χ1n) is 8.85. The van der Waals surface area contributed by atoms with Crippen molar-refractivity contribution in [2.45, 2.75) is 19.9 Å². The van der Waals surface area contributed by atoms with Crippen molar-refractivity contribution < 1.29 is 14.5 Å². The van der Waals surface area contributed by atoms with Gasteiger partial charge in [0.25, 0.3) is 11.8 Å². The van der Waals surface area contributed by atoms with E-state index in [1.165, 1.54) is 0 Å². The fraction of sp³-hybridized carbons (Fsp3) is 0.333. The number of carbonyl (C=O) groups is 2. The minimum Gasteiger partial charge on any atom is -0.334 e. The van der Waals surface area contributed by atoms with Gasteiger partial charge in [0.2, 0.25) is 0 Å². The highest BCUT2D eigenvalue weighted by molar-refractivity contribution is 5.91. The number of amides is 2. The van der Waals surface area contributed by atoms with Crippen molar-refractivity contribution in [3.8, 4) is 0 Å². The minimum absolute atomic E-state index is 0.00196. The number of rotatable bonds is 7. The van der Waals surface area contributed by atoms with Gasteiger partial charge in [0, 0.05) is 12.7 Å². The number of anilines is 1. The van der Waals surface area contributed by atoms with E-state index >= 15 is 0 Å². The fourth-order valence-corrected chi connectivity index (χ4v) is 2.73. The normalized spacial score (nSPS) is 12.9. The number of hydrogen-bond donors (Lipinski definition) is 2. The molecule has 138 valence electrons. The lowest BCUT2D eigenvalue weighted by molar-refractivity contribution is -0.862. The summed E-state index contributed by atoms with van der Waals surface area (Å²) in [6.45, 7) is 4.52. The maximum atomic E-state index is 12.5. The molecule has 5 heteroatoms. The SMILES string of the molecule is Cc1ccc(NC(=O)C[NH+](C)CC(=O)N(C)[C@@H](C)c2ccccc2)cc1. The van der Waals surface area contributed by atoms with E-state index in [0.29, 0.717) is 0 Å². The molecule has 0 aliphatic rings. The molecule has 0 aliphatic heterocycles. The van der Waals surface area contributed by atoms with Gasteiger partial charge < -0.3 is 15.1 Å². The monoisotopic (exact) mass is 354 g/mol. The first kappa shape index (κ1) is 19.7. The van der Waals surface area contributed by atoms with Crippen LogP contribution in [0.5, 0.6) is 0 Å². The van der Waals surface area contributed by atoms with Crippen molar-refractivity contribution >= 4 is 17.5 Å². The third-order valence-corrected chi connectivity index (χ3v) is 4.51. The molecule has 0 heterocycles. The molecule has 26 heavy (non-hydrogen) atoms. The van der Waals surface area contributed by atoms with Crippen LogP contribution in [0.15, 0.2) is 54.6 Å². The standard InChI is InChI=1S/C21H27N3O2/c1-16-10-12-19(13-11-16)22-20(25)14-23(3)15-21(26)24(4)17(2)18-8-6-5-7-9-18/h5-13,17H,14-15H2,1-4H3,(H,22,25)/p+1/t17-/m0/s1. The van der Waals surface area contributed by atoms with Crippen LogP contribution in [0.1, 0.15) is 24.1 Å². The summed E-state index contributed by atoms with van der Waals surface area (Å²) in [6, 6.07) is 17.6. The van der Waals surface area contributed by atoms with Gasteiger partial charge in [-0.3, -0.25) is 9.59 Å². The number of carbonyl (C=O) groups excluding carboxylic acids is 2. The number of hydrogen-bond acceptors (Lipinski definition) is 2. The van der Waals surface area contributed by atoms with E-state index in [0.717, 1.165) is 21.7 Å². The molecule has 0 fully saturated rings. The van der Waals surface area contributed by atoms with E-state index in [-0.39, 0.29) is 30.9 Å². The third-order valence-electron chi connectivity index (χ3n) is 4.51. The zero-order valence-electron chi connectivity index (χ0n) is 16.0. The Morgan fingerprint density at radius 3 is 2.27 bits per heavy atom. The molecule has 0 aromatic heterocycles. The van der Waals surface area contributed by atoms with Gasteiger partial charge >= 0.3 is 0 Å². The zero-order valence-corrected chi connectivity index (χ0v) is 16.0. The molecule has 2 rings (SSSR count). The molecule has 2 aromatic carbocycles. The summed E-state index contributed by atoms with van der Waals surface area (Å²) >= 11 is 0. The highest BCUT2D eigenvalue weighted by Crippen LogP contribution is 2.17. The average Bonchev–Trinajstić information content (AvgIpc) is 2.62. The Balaban J connectivity index is 1.84. The van der Waals surface area contributed by atoms with Crippen LogP contribution in [0.25, 0.3) is 0 Å². The average molecular weight is 354 g/mol. The summed E-state index contributed by atoms with van der Waals surface area (Å²) in [7, 11) is 3.66. The maximum absolute atomic E-state index is 12.5. The van der Waals surface area contributed by atoms with Crippen LogP contribution in [0, 0.1) is 6.92 Å². The summed E-state index contributed by atoms with van der Waals surface area (Å²) < 4.78 is 0. The van der Waals surface area contributed by atoms with Gasteiger partial charge in [-0.05, 0) is 31.5 Å². The molecule has 0 radical (unpaired) electrons. The first-order chi connectivity index (χ1) is 12.4. The predicted molar refractivity (Wildman–Crippen MR) is 104 cm³/mol. The van der Waals surface area contributed by atoms with Crippen molar-refractivity contribution in [1.29, 1.82) is 0 Å². The summed E-state index contributed by atoms with van der Waals surface area (Å²) in [6.07, 6.45) is 0. The quantitative estimate of drug-likeness (QED) is 0.795. The van der Waals surface area contributed by atoms with Crippen LogP contribution in [-0.2, 0) is 9.59 Å². The first-order valence-corrected chi connectivity index (χ1v) is 8.85. The minimum atomic E-state index is -0.0992. The van der Waals surface area contributed by atoms with Gasteiger partial charge in [-0.15, -0.1) is 0 Å². The number of nitrogens with one attached hydrogen (secondary N) is 2. The van der Waals surface area contributed by atoms with E-state index in [4.69, 9.17) is 0 Å². The molecule has 0 saturated carbocycles. The molecule has 2 atom stereocenters. The second-order valence-electron chi connectivity index (χ2n) is 6.82. The van der Waals surface area contributed by atoms with Crippen LogP contribution in [0.3, 0.4) is 0 Å². The Kier molecular flexibility index (Phi) is 6.92. The van der Waals surface area contributed by atoms with Crippen molar-refractivity contribution in [2.75, 3.05) is 32.5 Å². The molecular formula is C21H28N3O2+. The maximum Gasteiger partial charge on any atom is 0.279 e. The number of nitrogens with zero attached hydrogens (tertiary/aromatic N) is 1. The molecule has 2 amide bonds. The van der Waals surface area contributed by atoms with Crippen molar-refractivity contribution in [3.05, 3.63) is 65.7 Å². The number of aryl methyl sites for hydroxylation is 1. The van der Waals surface area contributed by atoms with Gasteiger partial charge in [-0.25, -0.2) is 0 Å². The highest BCUT2D eigenvalue weighted by Gasteiger charge is 2.21. The highest BCUT2D eigenvalue weighted by atomic mass is 16.2. The number of benzene rings is 2. The zero-order chi connectivity index (χ0) is 19.1. The van der Waals surface area contributed by atoms with E-state index in [9.17, 15) is 9.59 Å². The van der Waals surface area contributed by atoms with Gasteiger partial charge in [0.1, 0.15) is 0 Å². The van der Waals surface area contributed by atoms with Gasteiger partial charge in [0.15, 0.2) is 13.1 Å². The molecule has 2 N–H and O–H groups in total. The van der Waals surface area contributed by atoms with E-state index in [2.05, 4.69) is 5.32 Å².